The molecule has 122 valence electrons. The van der Waals surface area contributed by atoms with E-state index in [1.54, 1.807) is 4.68 Å². The molecule has 0 bridgehead atoms. The summed E-state index contributed by atoms with van der Waals surface area (Å²) in [5.41, 5.74) is 3.85. The van der Waals surface area contributed by atoms with Crippen LogP contribution in [0.1, 0.15) is 11.1 Å². The molecule has 0 aliphatic rings. The lowest BCUT2D eigenvalue weighted by atomic mass is 10.2. The highest BCUT2D eigenvalue weighted by Crippen LogP contribution is 2.20. The maximum atomic E-state index is 12.2. The highest BCUT2D eigenvalue weighted by atomic mass is 32.2. The highest BCUT2D eigenvalue weighted by molar-refractivity contribution is 7.99. The van der Waals surface area contributed by atoms with Gasteiger partial charge in [0.05, 0.1) is 11.4 Å². The van der Waals surface area contributed by atoms with Crippen LogP contribution in [0.3, 0.4) is 0 Å². The van der Waals surface area contributed by atoms with Gasteiger partial charge in [-0.2, -0.15) is 4.68 Å². The monoisotopic (exact) mass is 339 g/mol. The third-order valence-electron chi connectivity index (χ3n) is 3.44. The summed E-state index contributed by atoms with van der Waals surface area (Å²) in [5, 5.41) is 15.2. The van der Waals surface area contributed by atoms with Crippen LogP contribution < -0.4 is 5.32 Å². The Balaban J connectivity index is 1.67. The Bertz CT molecular complexity index is 861. The van der Waals surface area contributed by atoms with Crippen LogP contribution in [0.4, 0.5) is 5.69 Å². The van der Waals surface area contributed by atoms with Gasteiger partial charge in [-0.1, -0.05) is 42.1 Å². The number of aryl methyl sites for hydroxylation is 2. The number of thioether (sulfide) groups is 1. The molecule has 0 aliphatic heterocycles. The van der Waals surface area contributed by atoms with Crippen LogP contribution >= 0.6 is 11.8 Å². The van der Waals surface area contributed by atoms with Gasteiger partial charge in [-0.3, -0.25) is 4.79 Å². The first-order chi connectivity index (χ1) is 11.6. The van der Waals surface area contributed by atoms with Crippen LogP contribution in [0.25, 0.3) is 5.69 Å². The number of para-hydroxylation sites is 1. The molecule has 1 heterocycles. The summed E-state index contributed by atoms with van der Waals surface area (Å²) in [6, 6.07) is 15.6. The number of hydrogen-bond donors (Lipinski definition) is 1. The van der Waals surface area contributed by atoms with Gasteiger partial charge >= 0.3 is 0 Å². The first-order valence-corrected chi connectivity index (χ1v) is 8.46. The molecule has 0 aliphatic carbocycles. The lowest BCUT2D eigenvalue weighted by Crippen LogP contribution is -2.15. The molecular formula is C17H17N5OS. The molecule has 6 nitrogen and oxygen atoms in total. The smallest absolute Gasteiger partial charge is 0.234 e. The van der Waals surface area contributed by atoms with Crippen molar-refractivity contribution in [2.45, 2.75) is 19.0 Å². The van der Waals surface area contributed by atoms with Gasteiger partial charge in [-0.25, -0.2) is 0 Å². The summed E-state index contributed by atoms with van der Waals surface area (Å²) in [6.45, 7) is 3.97. The number of aromatic nitrogens is 4. The Morgan fingerprint density at radius 1 is 1.17 bits per heavy atom. The second-order valence-electron chi connectivity index (χ2n) is 5.36. The minimum atomic E-state index is -0.0897. The van der Waals surface area contributed by atoms with E-state index in [0.29, 0.717) is 5.16 Å². The Morgan fingerprint density at radius 3 is 2.79 bits per heavy atom. The van der Waals surface area contributed by atoms with Crippen molar-refractivity contribution in [3.05, 3.63) is 59.7 Å². The van der Waals surface area contributed by atoms with Crippen LogP contribution in [0.5, 0.6) is 0 Å². The maximum absolute atomic E-state index is 12.2. The molecule has 0 spiro atoms. The quantitative estimate of drug-likeness (QED) is 0.724. The number of rotatable bonds is 5. The van der Waals surface area contributed by atoms with E-state index < -0.39 is 0 Å². The molecule has 1 amide bonds. The molecule has 1 N–H and O–H groups in total. The topological polar surface area (TPSA) is 72.7 Å². The number of nitrogens with zero attached hydrogens (tertiary/aromatic N) is 4. The Morgan fingerprint density at radius 2 is 2.00 bits per heavy atom. The van der Waals surface area contributed by atoms with Crippen LogP contribution in [0, 0.1) is 13.8 Å². The van der Waals surface area contributed by atoms with Crippen LogP contribution in [-0.2, 0) is 4.79 Å². The molecule has 0 radical (unpaired) electrons. The number of nitrogens with one attached hydrogen (secondary N) is 1. The van der Waals surface area contributed by atoms with Crippen molar-refractivity contribution >= 4 is 23.4 Å². The van der Waals surface area contributed by atoms with Crippen molar-refractivity contribution in [2.24, 2.45) is 0 Å². The van der Waals surface area contributed by atoms with Gasteiger partial charge in [-0.15, -0.1) is 5.10 Å². The normalized spacial score (nSPS) is 10.6. The third-order valence-corrected chi connectivity index (χ3v) is 4.36. The molecule has 3 aromatic rings. The Hall–Kier alpha value is -2.67. The van der Waals surface area contributed by atoms with Gasteiger partial charge in [-0.05, 0) is 53.6 Å². The second-order valence-corrected chi connectivity index (χ2v) is 6.31. The maximum Gasteiger partial charge on any atom is 0.234 e. The van der Waals surface area contributed by atoms with Crippen molar-refractivity contribution in [3.8, 4) is 5.69 Å². The third kappa shape index (κ3) is 3.80. The average molecular weight is 339 g/mol. The summed E-state index contributed by atoms with van der Waals surface area (Å²) in [6.07, 6.45) is 0. The molecule has 2 aromatic carbocycles. The molecule has 0 atom stereocenters. The predicted molar refractivity (Wildman–Crippen MR) is 94.4 cm³/mol. The van der Waals surface area contributed by atoms with Crippen LogP contribution in [-0.4, -0.2) is 31.9 Å². The predicted octanol–water partition coefficient (Wildman–Crippen LogP) is 3.01. The zero-order chi connectivity index (χ0) is 16.9. The number of hydrogen-bond acceptors (Lipinski definition) is 5. The van der Waals surface area contributed by atoms with E-state index in [1.165, 1.54) is 11.8 Å². The van der Waals surface area contributed by atoms with Crippen molar-refractivity contribution in [2.75, 3.05) is 11.1 Å². The number of benzene rings is 2. The molecule has 1 aromatic heterocycles. The van der Waals surface area contributed by atoms with E-state index in [9.17, 15) is 4.79 Å². The van der Waals surface area contributed by atoms with Gasteiger partial charge in [0.25, 0.3) is 0 Å². The molecule has 0 unspecified atom stereocenters. The van der Waals surface area contributed by atoms with E-state index in [0.717, 1.165) is 22.5 Å². The summed E-state index contributed by atoms with van der Waals surface area (Å²) in [7, 11) is 0. The molecule has 0 saturated carbocycles. The fraction of sp³-hybridized carbons (Fsp3) is 0.176. The van der Waals surface area contributed by atoms with E-state index in [4.69, 9.17) is 0 Å². The average Bonchev–Trinajstić information content (AvgIpc) is 3.04. The number of anilines is 1. The minimum Gasteiger partial charge on any atom is -0.325 e. The van der Waals surface area contributed by atoms with Crippen molar-refractivity contribution in [1.82, 2.24) is 20.2 Å². The highest BCUT2D eigenvalue weighted by Gasteiger charge is 2.12. The number of carbonyl (C=O) groups is 1. The van der Waals surface area contributed by atoms with Gasteiger partial charge in [0.15, 0.2) is 0 Å². The molecule has 0 fully saturated rings. The lowest BCUT2D eigenvalue weighted by Gasteiger charge is -2.08. The molecular weight excluding hydrogens is 322 g/mol. The molecule has 7 heteroatoms. The number of amides is 1. The van der Waals surface area contributed by atoms with Gasteiger partial charge < -0.3 is 5.32 Å². The molecule has 3 rings (SSSR count). The Kier molecular flexibility index (Phi) is 4.90. The van der Waals surface area contributed by atoms with Gasteiger partial charge in [0.2, 0.25) is 11.1 Å². The van der Waals surface area contributed by atoms with Crippen LogP contribution in [0.2, 0.25) is 0 Å². The molecule has 24 heavy (non-hydrogen) atoms. The van der Waals surface area contributed by atoms with Crippen molar-refractivity contribution in [3.63, 3.8) is 0 Å². The zero-order valence-electron chi connectivity index (χ0n) is 13.4. The minimum absolute atomic E-state index is 0.0897. The zero-order valence-corrected chi connectivity index (χ0v) is 14.2. The van der Waals surface area contributed by atoms with E-state index in [1.807, 2.05) is 62.4 Å². The van der Waals surface area contributed by atoms with E-state index in [-0.39, 0.29) is 11.7 Å². The second kappa shape index (κ2) is 7.27. The molecule has 0 saturated heterocycles. The van der Waals surface area contributed by atoms with E-state index in [2.05, 4.69) is 20.8 Å². The van der Waals surface area contributed by atoms with Gasteiger partial charge in [0.1, 0.15) is 0 Å². The van der Waals surface area contributed by atoms with E-state index >= 15 is 0 Å². The summed E-state index contributed by atoms with van der Waals surface area (Å²) in [5.74, 6) is 0.147. The summed E-state index contributed by atoms with van der Waals surface area (Å²) < 4.78 is 1.64. The van der Waals surface area contributed by atoms with Crippen molar-refractivity contribution < 1.29 is 4.79 Å². The fourth-order valence-corrected chi connectivity index (χ4v) is 2.91. The first-order valence-electron chi connectivity index (χ1n) is 7.47. The SMILES string of the molecule is Cc1cccc(-n2nnnc2SCC(=O)Nc2ccccc2C)c1. The number of tetrazole rings is 1. The largest absolute Gasteiger partial charge is 0.325 e. The standard InChI is InChI=1S/C17H17N5OS/c1-12-6-5-8-14(10-12)22-17(19-20-21-22)24-11-16(23)18-15-9-4-3-7-13(15)2/h3-10H,11H2,1-2H3,(H,18,23). The summed E-state index contributed by atoms with van der Waals surface area (Å²) in [4.78, 5) is 12.2. The lowest BCUT2D eigenvalue weighted by molar-refractivity contribution is -0.113. The number of carbonyl (C=O) groups excluding carboxylic acids is 1. The van der Waals surface area contributed by atoms with Gasteiger partial charge in [0, 0.05) is 5.69 Å². The van der Waals surface area contributed by atoms with Crippen molar-refractivity contribution in [1.29, 1.82) is 0 Å². The van der Waals surface area contributed by atoms with Crippen LogP contribution in [0.15, 0.2) is 53.7 Å². The Labute approximate surface area is 144 Å². The summed E-state index contributed by atoms with van der Waals surface area (Å²) >= 11 is 1.30. The fourth-order valence-electron chi connectivity index (χ4n) is 2.22. The first kappa shape index (κ1) is 16.2.